The number of hydrogen-bond donors (Lipinski definition) is 2. The van der Waals surface area contributed by atoms with Crippen molar-refractivity contribution >= 4 is 21.6 Å². The number of carbonyl (C=O) groups is 1. The molecule has 0 aliphatic carbocycles. The summed E-state index contributed by atoms with van der Waals surface area (Å²) in [5.74, 6) is -0.0735. The minimum absolute atomic E-state index is 0.0513. The minimum atomic E-state index is -4.49. The zero-order chi connectivity index (χ0) is 17.0. The highest BCUT2D eigenvalue weighted by Gasteiger charge is 2.30. The molecule has 9 heteroatoms. The van der Waals surface area contributed by atoms with E-state index in [0.717, 1.165) is 18.4 Å². The Bertz CT molecular complexity index is 642. The Hall–Kier alpha value is -1.77. The fourth-order valence-electron chi connectivity index (χ4n) is 1.64. The monoisotopic (exact) mass is 338 g/mol. The molecule has 0 atom stereocenters. The topological polar surface area (TPSA) is 75.3 Å². The lowest BCUT2D eigenvalue weighted by molar-refractivity contribution is -0.137. The third-order valence-corrected chi connectivity index (χ3v) is 3.82. The molecule has 0 aliphatic rings. The van der Waals surface area contributed by atoms with E-state index in [1.807, 2.05) is 0 Å². The average molecular weight is 338 g/mol. The van der Waals surface area contributed by atoms with Crippen molar-refractivity contribution in [3.05, 3.63) is 29.3 Å². The zero-order valence-corrected chi connectivity index (χ0v) is 12.9. The summed E-state index contributed by atoms with van der Waals surface area (Å²) < 4.78 is 59.7. The van der Waals surface area contributed by atoms with Gasteiger partial charge in [-0.2, -0.15) is 13.2 Å². The summed E-state index contributed by atoms with van der Waals surface area (Å²) in [5.41, 5.74) is -0.319. The van der Waals surface area contributed by atoms with Gasteiger partial charge in [-0.3, -0.25) is 0 Å². The van der Waals surface area contributed by atoms with Gasteiger partial charge >= 0.3 is 12.2 Å². The van der Waals surface area contributed by atoms with Crippen LogP contribution in [-0.2, 0) is 16.0 Å². The first-order chi connectivity index (χ1) is 9.99. The number of nitrogens with one attached hydrogen (secondary N) is 2. The van der Waals surface area contributed by atoms with Gasteiger partial charge in [0.25, 0.3) is 0 Å². The Morgan fingerprint density at radius 3 is 2.45 bits per heavy atom. The SMILES string of the molecule is Cc1ccc(C(F)(F)F)cc1NC(=O)NCCCS(C)(=O)=O. The normalized spacial score (nSPS) is 12.0. The number of rotatable bonds is 5. The van der Waals surface area contributed by atoms with Crippen molar-refractivity contribution in [1.29, 1.82) is 0 Å². The molecule has 0 aliphatic heterocycles. The number of aryl methyl sites for hydroxylation is 1. The van der Waals surface area contributed by atoms with Crippen molar-refractivity contribution in [2.45, 2.75) is 19.5 Å². The Labute approximate surface area is 126 Å². The van der Waals surface area contributed by atoms with Crippen LogP contribution >= 0.6 is 0 Å². The number of benzene rings is 1. The summed E-state index contributed by atoms with van der Waals surface area (Å²) >= 11 is 0. The van der Waals surface area contributed by atoms with E-state index in [-0.39, 0.29) is 24.4 Å². The highest BCUT2D eigenvalue weighted by molar-refractivity contribution is 7.90. The number of amides is 2. The molecule has 124 valence electrons. The van der Waals surface area contributed by atoms with Crippen LogP contribution in [0, 0.1) is 6.92 Å². The smallest absolute Gasteiger partial charge is 0.338 e. The summed E-state index contributed by atoms with van der Waals surface area (Å²) in [7, 11) is -3.11. The molecule has 0 heterocycles. The van der Waals surface area contributed by atoms with Gasteiger partial charge in [0.05, 0.1) is 11.3 Å². The van der Waals surface area contributed by atoms with Gasteiger partial charge in [0.15, 0.2) is 0 Å². The Balaban J connectivity index is 2.61. The van der Waals surface area contributed by atoms with E-state index in [1.54, 1.807) is 6.92 Å². The lowest BCUT2D eigenvalue weighted by Gasteiger charge is -2.13. The molecule has 0 saturated heterocycles. The summed E-state index contributed by atoms with van der Waals surface area (Å²) in [5, 5.41) is 4.71. The molecule has 0 spiro atoms. The Kier molecular flexibility index (Phi) is 5.81. The van der Waals surface area contributed by atoms with Gasteiger partial charge in [-0.1, -0.05) is 6.07 Å². The predicted molar refractivity (Wildman–Crippen MR) is 77.5 cm³/mol. The van der Waals surface area contributed by atoms with Crippen molar-refractivity contribution in [2.24, 2.45) is 0 Å². The molecule has 5 nitrogen and oxygen atoms in total. The molecular weight excluding hydrogens is 321 g/mol. The first-order valence-corrected chi connectivity index (χ1v) is 8.45. The number of urea groups is 1. The van der Waals surface area contributed by atoms with E-state index >= 15 is 0 Å². The molecule has 1 rings (SSSR count). The first-order valence-electron chi connectivity index (χ1n) is 6.39. The second-order valence-corrected chi connectivity index (χ2v) is 7.15. The van der Waals surface area contributed by atoms with Crippen LogP contribution in [0.1, 0.15) is 17.5 Å². The lowest BCUT2D eigenvalue weighted by atomic mass is 10.1. The molecular formula is C13H17F3N2O3S. The maximum absolute atomic E-state index is 12.6. The van der Waals surface area contributed by atoms with Crippen LogP contribution in [0.4, 0.5) is 23.7 Å². The third-order valence-electron chi connectivity index (χ3n) is 2.79. The van der Waals surface area contributed by atoms with E-state index in [1.165, 1.54) is 6.07 Å². The molecule has 2 amide bonds. The fourth-order valence-corrected chi connectivity index (χ4v) is 2.30. The van der Waals surface area contributed by atoms with E-state index in [0.29, 0.717) is 5.56 Å². The van der Waals surface area contributed by atoms with Gasteiger partial charge in [-0.25, -0.2) is 13.2 Å². The molecule has 1 aromatic rings. The fraction of sp³-hybridized carbons (Fsp3) is 0.462. The average Bonchev–Trinajstić information content (AvgIpc) is 2.35. The number of anilines is 1. The molecule has 0 fully saturated rings. The minimum Gasteiger partial charge on any atom is -0.338 e. The van der Waals surface area contributed by atoms with Crippen LogP contribution in [0.15, 0.2) is 18.2 Å². The summed E-state index contributed by atoms with van der Waals surface area (Å²) in [6.07, 6.45) is -3.18. The Morgan fingerprint density at radius 1 is 1.27 bits per heavy atom. The van der Waals surface area contributed by atoms with E-state index in [9.17, 15) is 26.4 Å². The zero-order valence-electron chi connectivity index (χ0n) is 12.1. The van der Waals surface area contributed by atoms with E-state index < -0.39 is 27.6 Å². The van der Waals surface area contributed by atoms with Crippen molar-refractivity contribution in [2.75, 3.05) is 23.9 Å². The van der Waals surface area contributed by atoms with E-state index in [2.05, 4.69) is 10.6 Å². The number of halogens is 3. The highest BCUT2D eigenvalue weighted by atomic mass is 32.2. The largest absolute Gasteiger partial charge is 0.416 e. The van der Waals surface area contributed by atoms with Gasteiger partial charge in [-0.15, -0.1) is 0 Å². The van der Waals surface area contributed by atoms with Gasteiger partial charge in [0.1, 0.15) is 9.84 Å². The van der Waals surface area contributed by atoms with Gasteiger partial charge < -0.3 is 10.6 Å². The summed E-state index contributed by atoms with van der Waals surface area (Å²) in [6.45, 7) is 1.68. The van der Waals surface area contributed by atoms with E-state index in [4.69, 9.17) is 0 Å². The molecule has 0 unspecified atom stereocenters. The van der Waals surface area contributed by atoms with Crippen LogP contribution in [0.3, 0.4) is 0 Å². The van der Waals surface area contributed by atoms with Crippen molar-refractivity contribution in [3.63, 3.8) is 0 Å². The number of hydrogen-bond acceptors (Lipinski definition) is 3. The second-order valence-electron chi connectivity index (χ2n) is 4.89. The maximum atomic E-state index is 12.6. The van der Waals surface area contributed by atoms with Crippen LogP contribution in [0.5, 0.6) is 0 Å². The van der Waals surface area contributed by atoms with Crippen LogP contribution in [-0.4, -0.2) is 33.0 Å². The van der Waals surface area contributed by atoms with Crippen molar-refractivity contribution < 1.29 is 26.4 Å². The van der Waals surface area contributed by atoms with Crippen LogP contribution < -0.4 is 10.6 Å². The van der Waals surface area contributed by atoms with Gasteiger partial charge in [-0.05, 0) is 31.0 Å². The number of alkyl halides is 3. The van der Waals surface area contributed by atoms with Gasteiger partial charge in [0, 0.05) is 18.5 Å². The first kappa shape index (κ1) is 18.3. The molecule has 0 aromatic heterocycles. The maximum Gasteiger partial charge on any atom is 0.416 e. The summed E-state index contributed by atoms with van der Waals surface area (Å²) in [4.78, 5) is 11.6. The quantitative estimate of drug-likeness (QED) is 0.810. The van der Waals surface area contributed by atoms with Crippen molar-refractivity contribution in [1.82, 2.24) is 5.32 Å². The summed E-state index contributed by atoms with van der Waals surface area (Å²) in [6, 6.07) is 2.37. The number of carbonyl (C=O) groups excluding carboxylic acids is 1. The lowest BCUT2D eigenvalue weighted by Crippen LogP contribution is -2.30. The highest BCUT2D eigenvalue weighted by Crippen LogP contribution is 2.31. The molecule has 0 bridgehead atoms. The molecule has 1 aromatic carbocycles. The second kappa shape index (κ2) is 6.99. The number of sulfone groups is 1. The molecule has 0 radical (unpaired) electrons. The van der Waals surface area contributed by atoms with Crippen LogP contribution in [0.2, 0.25) is 0 Å². The molecule has 0 saturated carbocycles. The third kappa shape index (κ3) is 6.33. The molecule has 2 N–H and O–H groups in total. The predicted octanol–water partition coefficient (Wildman–Crippen LogP) is 2.57. The van der Waals surface area contributed by atoms with Gasteiger partial charge in [0.2, 0.25) is 0 Å². The Morgan fingerprint density at radius 2 is 1.91 bits per heavy atom. The standard InChI is InChI=1S/C13H17F3N2O3S/c1-9-4-5-10(13(14,15)16)8-11(9)18-12(19)17-6-3-7-22(2,20)21/h4-5,8H,3,6-7H2,1-2H3,(H2,17,18,19). The van der Waals surface area contributed by atoms with Crippen molar-refractivity contribution in [3.8, 4) is 0 Å². The van der Waals surface area contributed by atoms with Crippen LogP contribution in [0.25, 0.3) is 0 Å². The molecule has 22 heavy (non-hydrogen) atoms.